The van der Waals surface area contributed by atoms with Crippen LogP contribution in [0.15, 0.2) is 23.3 Å². The van der Waals surface area contributed by atoms with Gasteiger partial charge in [0.25, 0.3) is 0 Å². The molecule has 0 radical (unpaired) electrons. The first-order valence-corrected chi connectivity index (χ1v) is 5.15. The van der Waals surface area contributed by atoms with Crippen LogP contribution in [0.5, 0.6) is 0 Å². The third-order valence-corrected chi connectivity index (χ3v) is 3.03. The van der Waals surface area contributed by atoms with Crippen LogP contribution in [0.4, 0.5) is 5.69 Å². The minimum atomic E-state index is 0.0324. The number of anilines is 1. The molecule has 0 saturated carbocycles. The predicted molar refractivity (Wildman–Crippen MR) is 60.9 cm³/mol. The van der Waals surface area contributed by atoms with Gasteiger partial charge in [0, 0.05) is 31.2 Å². The smallest absolute Gasteiger partial charge is 0.207 e. The summed E-state index contributed by atoms with van der Waals surface area (Å²) in [7, 11) is 1.95. The molecule has 0 amide bonds. The van der Waals surface area contributed by atoms with Crippen LogP contribution in [-0.4, -0.2) is 14.1 Å². The average Bonchev–Trinajstić information content (AvgIpc) is 2.72. The lowest BCUT2D eigenvalue weighted by Gasteiger charge is -2.23. The molecule has 5 heteroatoms. The topological polar surface area (TPSA) is 51.9 Å². The molecule has 0 fully saturated rings. The number of fused-ring (bicyclic) bond motifs is 3. The highest BCUT2D eigenvalue weighted by molar-refractivity contribution is 5.60. The van der Waals surface area contributed by atoms with Gasteiger partial charge in [-0.2, -0.15) is 0 Å². The molecule has 5 nitrogen and oxygen atoms in total. The molecule has 2 aromatic rings. The Kier molecular flexibility index (Phi) is 1.71. The molecule has 3 heterocycles. The number of aryl methyl sites for hydroxylation is 1. The molecule has 0 atom stereocenters. The first-order chi connectivity index (χ1) is 7.68. The van der Waals surface area contributed by atoms with Crippen molar-refractivity contribution in [3.05, 3.63) is 40.2 Å². The zero-order valence-corrected chi connectivity index (χ0v) is 9.19. The maximum atomic E-state index is 11.9. The summed E-state index contributed by atoms with van der Waals surface area (Å²) in [6.07, 6.45) is 3.63. The third kappa shape index (κ3) is 1.05. The van der Waals surface area contributed by atoms with Gasteiger partial charge in [0.05, 0.1) is 6.54 Å². The van der Waals surface area contributed by atoms with Crippen molar-refractivity contribution in [1.29, 1.82) is 0 Å². The summed E-state index contributed by atoms with van der Waals surface area (Å²) in [6, 6.07) is 1.65. The number of hydrogen-bond acceptors (Lipinski definition) is 3. The van der Waals surface area contributed by atoms with Gasteiger partial charge in [-0.15, -0.1) is 0 Å². The van der Waals surface area contributed by atoms with E-state index < -0.39 is 0 Å². The normalized spacial score (nSPS) is 12.9. The Labute approximate surface area is 92.4 Å². The fourth-order valence-corrected chi connectivity index (χ4v) is 2.08. The van der Waals surface area contributed by atoms with Crippen LogP contribution in [0.25, 0.3) is 5.82 Å². The quantitative estimate of drug-likeness (QED) is 0.708. The van der Waals surface area contributed by atoms with Crippen LogP contribution < -0.4 is 10.7 Å². The largest absolute Gasteiger partial charge is 0.372 e. The summed E-state index contributed by atoms with van der Waals surface area (Å²) < 4.78 is 3.95. The lowest BCUT2D eigenvalue weighted by molar-refractivity contribution is 0.743. The molecule has 16 heavy (non-hydrogen) atoms. The van der Waals surface area contributed by atoms with Gasteiger partial charge in [-0.05, 0) is 6.92 Å². The SMILES string of the molecule is Cc1cc(=O)c2c(n1C)-n1ccnc1CN2. The van der Waals surface area contributed by atoms with Gasteiger partial charge >= 0.3 is 0 Å². The Morgan fingerprint density at radius 1 is 1.50 bits per heavy atom. The van der Waals surface area contributed by atoms with Crippen LogP contribution in [0.2, 0.25) is 0 Å². The van der Waals surface area contributed by atoms with E-state index >= 15 is 0 Å². The van der Waals surface area contributed by atoms with Crippen LogP contribution in [-0.2, 0) is 13.6 Å². The Morgan fingerprint density at radius 3 is 3.12 bits per heavy atom. The van der Waals surface area contributed by atoms with E-state index in [1.54, 1.807) is 12.3 Å². The number of hydrogen-bond donors (Lipinski definition) is 1. The van der Waals surface area contributed by atoms with Crippen molar-refractivity contribution in [1.82, 2.24) is 14.1 Å². The number of aromatic nitrogens is 3. The van der Waals surface area contributed by atoms with Gasteiger partial charge in [-0.25, -0.2) is 4.98 Å². The second-order valence-corrected chi connectivity index (χ2v) is 3.97. The molecule has 1 N–H and O–H groups in total. The molecule has 1 aliphatic heterocycles. The number of pyridine rings is 1. The number of rotatable bonds is 0. The number of imidazole rings is 1. The molecule has 0 bridgehead atoms. The Hall–Kier alpha value is -2.04. The fourth-order valence-electron chi connectivity index (χ4n) is 2.08. The molecule has 0 aliphatic carbocycles. The monoisotopic (exact) mass is 216 g/mol. The zero-order chi connectivity index (χ0) is 11.3. The highest BCUT2D eigenvalue weighted by atomic mass is 16.1. The second kappa shape index (κ2) is 2.98. The number of nitrogens with one attached hydrogen (secondary N) is 1. The molecule has 1 aliphatic rings. The fraction of sp³-hybridized carbons (Fsp3) is 0.273. The first-order valence-electron chi connectivity index (χ1n) is 5.15. The van der Waals surface area contributed by atoms with E-state index in [0.717, 1.165) is 17.3 Å². The average molecular weight is 216 g/mol. The summed E-state index contributed by atoms with van der Waals surface area (Å²) in [5.41, 5.74) is 1.62. The molecular weight excluding hydrogens is 204 g/mol. The van der Waals surface area contributed by atoms with Gasteiger partial charge < -0.3 is 9.88 Å². The van der Waals surface area contributed by atoms with Crippen LogP contribution in [0, 0.1) is 6.92 Å². The minimum absolute atomic E-state index is 0.0324. The van der Waals surface area contributed by atoms with Crippen molar-refractivity contribution in [3.63, 3.8) is 0 Å². The maximum absolute atomic E-state index is 11.9. The second-order valence-electron chi connectivity index (χ2n) is 3.97. The summed E-state index contributed by atoms with van der Waals surface area (Å²) in [4.78, 5) is 16.1. The molecule has 82 valence electrons. The van der Waals surface area contributed by atoms with Crippen molar-refractivity contribution in [2.24, 2.45) is 7.05 Å². The Bertz CT molecular complexity index is 623. The van der Waals surface area contributed by atoms with E-state index in [2.05, 4.69) is 10.3 Å². The van der Waals surface area contributed by atoms with Gasteiger partial charge in [0.15, 0.2) is 0 Å². The van der Waals surface area contributed by atoms with E-state index in [9.17, 15) is 4.79 Å². The van der Waals surface area contributed by atoms with Gasteiger partial charge in [-0.3, -0.25) is 9.36 Å². The summed E-state index contributed by atoms with van der Waals surface area (Å²) in [6.45, 7) is 2.52. The van der Waals surface area contributed by atoms with E-state index in [0.29, 0.717) is 12.2 Å². The molecule has 0 unspecified atom stereocenters. The van der Waals surface area contributed by atoms with Gasteiger partial charge in [-0.1, -0.05) is 0 Å². The molecule has 0 aromatic carbocycles. The molecule has 2 aromatic heterocycles. The van der Waals surface area contributed by atoms with Crippen LogP contribution in [0.1, 0.15) is 11.5 Å². The molecule has 0 saturated heterocycles. The van der Waals surface area contributed by atoms with Crippen molar-refractivity contribution in [2.45, 2.75) is 13.5 Å². The summed E-state index contributed by atoms with van der Waals surface area (Å²) in [5, 5.41) is 3.12. The summed E-state index contributed by atoms with van der Waals surface area (Å²) >= 11 is 0. The predicted octanol–water partition coefficient (Wildman–Crippen LogP) is 0.805. The van der Waals surface area contributed by atoms with Gasteiger partial charge in [0.2, 0.25) is 5.43 Å². The van der Waals surface area contributed by atoms with Crippen molar-refractivity contribution in [3.8, 4) is 5.82 Å². The van der Waals surface area contributed by atoms with Gasteiger partial charge in [0.1, 0.15) is 17.3 Å². The molecule has 0 spiro atoms. The lowest BCUT2D eigenvalue weighted by Crippen LogP contribution is -2.26. The highest BCUT2D eigenvalue weighted by Crippen LogP contribution is 2.23. The number of nitrogens with zero attached hydrogens (tertiary/aromatic N) is 3. The Balaban J connectivity index is 2.43. The Morgan fingerprint density at radius 2 is 2.31 bits per heavy atom. The first kappa shape index (κ1) is 9.21. The third-order valence-electron chi connectivity index (χ3n) is 3.03. The van der Waals surface area contributed by atoms with E-state index in [4.69, 9.17) is 0 Å². The van der Waals surface area contributed by atoms with E-state index in [-0.39, 0.29) is 5.43 Å². The standard InChI is InChI=1S/C11H12N4O/c1-7-5-8(16)10-11(14(7)2)15-4-3-12-9(15)6-13-10/h3-5,13H,6H2,1-2H3. The lowest BCUT2D eigenvalue weighted by atomic mass is 10.2. The van der Waals surface area contributed by atoms with Crippen molar-refractivity contribution < 1.29 is 0 Å². The summed E-state index contributed by atoms with van der Waals surface area (Å²) in [5.74, 6) is 1.79. The highest BCUT2D eigenvalue weighted by Gasteiger charge is 2.20. The zero-order valence-electron chi connectivity index (χ0n) is 9.19. The van der Waals surface area contributed by atoms with Crippen molar-refractivity contribution in [2.75, 3.05) is 5.32 Å². The van der Waals surface area contributed by atoms with Crippen molar-refractivity contribution >= 4 is 5.69 Å². The molecular formula is C11H12N4O. The maximum Gasteiger partial charge on any atom is 0.207 e. The van der Waals surface area contributed by atoms with E-state index in [1.165, 1.54) is 0 Å². The van der Waals surface area contributed by atoms with Crippen LogP contribution >= 0.6 is 0 Å². The molecule has 3 rings (SSSR count). The van der Waals surface area contributed by atoms with E-state index in [1.807, 2.05) is 29.3 Å². The van der Waals surface area contributed by atoms with Crippen LogP contribution in [0.3, 0.4) is 0 Å². The minimum Gasteiger partial charge on any atom is -0.372 e.